The van der Waals surface area contributed by atoms with Gasteiger partial charge >= 0.3 is 5.69 Å². The first-order chi connectivity index (χ1) is 13.4. The van der Waals surface area contributed by atoms with E-state index in [1.165, 1.54) is 22.5 Å². The van der Waals surface area contributed by atoms with E-state index in [9.17, 15) is 18.0 Å². The topological polar surface area (TPSA) is 103 Å². The summed E-state index contributed by atoms with van der Waals surface area (Å²) in [6, 6.07) is 11.9. The van der Waals surface area contributed by atoms with E-state index >= 15 is 0 Å². The normalized spacial score (nSPS) is 18.4. The number of nitrogens with one attached hydrogen (secondary N) is 2. The van der Waals surface area contributed by atoms with Crippen LogP contribution < -0.4 is 11.2 Å². The van der Waals surface area contributed by atoms with Crippen molar-refractivity contribution in [3.63, 3.8) is 0 Å². The van der Waals surface area contributed by atoms with Crippen LogP contribution in [0.3, 0.4) is 0 Å². The molecule has 1 saturated heterocycles. The van der Waals surface area contributed by atoms with Crippen molar-refractivity contribution in [2.24, 2.45) is 0 Å². The van der Waals surface area contributed by atoms with Crippen LogP contribution in [0.15, 0.2) is 56.9 Å². The van der Waals surface area contributed by atoms with Crippen LogP contribution in [0.5, 0.6) is 0 Å². The first-order valence-electron chi connectivity index (χ1n) is 9.21. The summed E-state index contributed by atoms with van der Waals surface area (Å²) < 4.78 is 28.3. The van der Waals surface area contributed by atoms with Crippen LogP contribution >= 0.6 is 0 Å². The number of nitrogens with zero attached hydrogens (tertiary/aromatic N) is 1. The minimum atomic E-state index is -3.80. The van der Waals surface area contributed by atoms with Crippen molar-refractivity contribution in [1.29, 1.82) is 0 Å². The van der Waals surface area contributed by atoms with Gasteiger partial charge in [0, 0.05) is 6.54 Å². The first kappa shape index (κ1) is 18.6. The second-order valence-electron chi connectivity index (χ2n) is 7.15. The number of aromatic amines is 2. The van der Waals surface area contributed by atoms with E-state index in [0.717, 1.165) is 30.4 Å². The summed E-state index contributed by atoms with van der Waals surface area (Å²) >= 11 is 0. The average Bonchev–Trinajstić information content (AvgIpc) is 2.68. The second-order valence-corrected chi connectivity index (χ2v) is 9.04. The van der Waals surface area contributed by atoms with Crippen molar-refractivity contribution in [2.75, 3.05) is 6.54 Å². The Labute approximate surface area is 162 Å². The van der Waals surface area contributed by atoms with Gasteiger partial charge in [0.1, 0.15) is 0 Å². The van der Waals surface area contributed by atoms with Crippen molar-refractivity contribution in [3.05, 3.63) is 74.4 Å². The lowest BCUT2D eigenvalue weighted by Crippen LogP contribution is -2.38. The molecule has 0 amide bonds. The van der Waals surface area contributed by atoms with Crippen LogP contribution in [0.2, 0.25) is 0 Å². The molecule has 1 aromatic heterocycles. The van der Waals surface area contributed by atoms with E-state index in [4.69, 9.17) is 0 Å². The van der Waals surface area contributed by atoms with Gasteiger partial charge < -0.3 is 4.98 Å². The fourth-order valence-electron chi connectivity index (χ4n) is 3.75. The number of rotatable bonds is 3. The van der Waals surface area contributed by atoms with Crippen molar-refractivity contribution >= 4 is 20.9 Å². The van der Waals surface area contributed by atoms with Crippen molar-refractivity contribution in [3.8, 4) is 0 Å². The molecule has 0 aliphatic carbocycles. The molecule has 1 atom stereocenters. The van der Waals surface area contributed by atoms with Gasteiger partial charge in [0.2, 0.25) is 10.0 Å². The highest BCUT2D eigenvalue weighted by Crippen LogP contribution is 2.35. The van der Waals surface area contributed by atoms with Crippen LogP contribution in [-0.2, 0) is 10.0 Å². The standard InChI is InChI=1S/C20H21N3O4S/c1-13-5-7-14(8-6-13)18-4-2-3-11-23(18)28(26,27)15-9-10-17-16(12-15)19(24)22-20(25)21-17/h5-10,12,18H,2-4,11H2,1H3,(H2,21,22,24,25). The Bertz CT molecular complexity index is 1240. The van der Waals surface area contributed by atoms with Gasteiger partial charge in [-0.1, -0.05) is 36.2 Å². The second kappa shape index (κ2) is 7.03. The number of aryl methyl sites for hydroxylation is 1. The molecule has 28 heavy (non-hydrogen) atoms. The molecule has 4 rings (SSSR count). The lowest BCUT2D eigenvalue weighted by atomic mass is 9.97. The van der Waals surface area contributed by atoms with Crippen molar-refractivity contribution < 1.29 is 8.42 Å². The summed E-state index contributed by atoms with van der Waals surface area (Å²) in [5.74, 6) is 0. The molecule has 146 valence electrons. The van der Waals surface area contributed by atoms with Gasteiger partial charge in [0.05, 0.1) is 21.8 Å². The highest BCUT2D eigenvalue weighted by molar-refractivity contribution is 7.89. The predicted octanol–water partition coefficient (Wildman–Crippen LogP) is 2.44. The highest BCUT2D eigenvalue weighted by Gasteiger charge is 2.34. The molecular formula is C20H21N3O4S. The van der Waals surface area contributed by atoms with Crippen LogP contribution in [0, 0.1) is 6.92 Å². The fourth-order valence-corrected chi connectivity index (χ4v) is 5.46. The summed E-state index contributed by atoms with van der Waals surface area (Å²) in [7, 11) is -3.80. The number of fused-ring (bicyclic) bond motifs is 1. The number of piperidine rings is 1. The van der Waals surface area contributed by atoms with E-state index in [-0.39, 0.29) is 16.3 Å². The van der Waals surface area contributed by atoms with E-state index in [2.05, 4.69) is 9.97 Å². The molecule has 0 bridgehead atoms. The molecule has 2 aromatic carbocycles. The van der Waals surface area contributed by atoms with Gasteiger partial charge in [-0.25, -0.2) is 13.2 Å². The van der Waals surface area contributed by atoms with Crippen LogP contribution in [0.1, 0.15) is 36.4 Å². The molecule has 1 aliphatic heterocycles. The molecule has 1 fully saturated rings. The maximum atomic E-state index is 13.4. The third-order valence-electron chi connectivity index (χ3n) is 5.23. The summed E-state index contributed by atoms with van der Waals surface area (Å²) in [6.07, 6.45) is 2.51. The molecule has 3 aromatic rings. The number of H-pyrrole nitrogens is 2. The Morgan fingerprint density at radius 2 is 1.75 bits per heavy atom. The molecule has 0 saturated carbocycles. The number of benzene rings is 2. The zero-order chi connectivity index (χ0) is 19.9. The van der Waals surface area contributed by atoms with E-state index in [1.807, 2.05) is 31.2 Å². The van der Waals surface area contributed by atoms with Gasteiger partial charge in [-0.2, -0.15) is 4.31 Å². The lowest BCUT2D eigenvalue weighted by molar-refractivity contribution is 0.256. The zero-order valence-corrected chi connectivity index (χ0v) is 16.3. The third-order valence-corrected chi connectivity index (χ3v) is 7.14. The monoisotopic (exact) mass is 399 g/mol. The quantitative estimate of drug-likeness (QED) is 0.706. The molecule has 2 N–H and O–H groups in total. The molecule has 2 heterocycles. The van der Waals surface area contributed by atoms with Gasteiger partial charge in [-0.3, -0.25) is 9.78 Å². The average molecular weight is 399 g/mol. The van der Waals surface area contributed by atoms with Gasteiger partial charge in [0.25, 0.3) is 5.56 Å². The maximum absolute atomic E-state index is 13.4. The molecule has 1 unspecified atom stereocenters. The number of hydrogen-bond donors (Lipinski definition) is 2. The maximum Gasteiger partial charge on any atom is 0.326 e. The third kappa shape index (κ3) is 3.29. The summed E-state index contributed by atoms with van der Waals surface area (Å²) in [6.45, 7) is 2.43. The number of aromatic nitrogens is 2. The van der Waals surface area contributed by atoms with E-state index < -0.39 is 21.3 Å². The van der Waals surface area contributed by atoms with Gasteiger partial charge in [-0.05, 0) is 43.5 Å². The van der Waals surface area contributed by atoms with E-state index in [0.29, 0.717) is 12.1 Å². The Morgan fingerprint density at radius 1 is 1.00 bits per heavy atom. The molecule has 0 spiro atoms. The fraction of sp³-hybridized carbons (Fsp3) is 0.300. The number of sulfonamides is 1. The van der Waals surface area contributed by atoms with Crippen LogP contribution in [0.4, 0.5) is 0 Å². The summed E-state index contributed by atoms with van der Waals surface area (Å²) in [4.78, 5) is 28.2. The minimum absolute atomic E-state index is 0.0524. The Kier molecular flexibility index (Phi) is 4.68. The SMILES string of the molecule is Cc1ccc(C2CCCCN2S(=O)(=O)c2ccc3[nH]c(=O)[nH]c(=O)c3c2)cc1. The van der Waals surface area contributed by atoms with Gasteiger partial charge in [0.15, 0.2) is 0 Å². The Morgan fingerprint density at radius 3 is 2.50 bits per heavy atom. The van der Waals surface area contributed by atoms with Crippen molar-refractivity contribution in [2.45, 2.75) is 37.1 Å². The molecule has 0 radical (unpaired) electrons. The van der Waals surface area contributed by atoms with Crippen LogP contribution in [-0.4, -0.2) is 29.2 Å². The smallest absolute Gasteiger partial charge is 0.307 e. The molecular weight excluding hydrogens is 378 g/mol. The predicted molar refractivity (Wildman–Crippen MR) is 107 cm³/mol. The van der Waals surface area contributed by atoms with Crippen molar-refractivity contribution in [1.82, 2.24) is 14.3 Å². The highest BCUT2D eigenvalue weighted by atomic mass is 32.2. The zero-order valence-electron chi connectivity index (χ0n) is 15.4. The van der Waals surface area contributed by atoms with E-state index in [1.54, 1.807) is 0 Å². The Balaban J connectivity index is 1.79. The molecule has 1 aliphatic rings. The van der Waals surface area contributed by atoms with Crippen LogP contribution in [0.25, 0.3) is 10.9 Å². The first-order valence-corrected chi connectivity index (χ1v) is 10.6. The number of hydrogen-bond acceptors (Lipinski definition) is 4. The Hall–Kier alpha value is -2.71. The molecule has 8 heteroatoms. The molecule has 7 nitrogen and oxygen atoms in total. The lowest BCUT2D eigenvalue weighted by Gasteiger charge is -2.35. The summed E-state index contributed by atoms with van der Waals surface area (Å²) in [5.41, 5.74) is 1.17. The largest absolute Gasteiger partial charge is 0.326 e. The minimum Gasteiger partial charge on any atom is -0.307 e. The summed E-state index contributed by atoms with van der Waals surface area (Å²) in [5, 5.41) is 0.143. The van der Waals surface area contributed by atoms with Gasteiger partial charge in [-0.15, -0.1) is 0 Å².